The largest absolute Gasteiger partial charge is 0.326 e. The third-order valence-corrected chi connectivity index (χ3v) is 2.44. The molecule has 3 heteroatoms. The van der Waals surface area contributed by atoms with E-state index >= 15 is 0 Å². The van der Waals surface area contributed by atoms with Gasteiger partial charge in [0.15, 0.2) is 0 Å². The number of likely N-dealkylation sites (N-methyl/N-ethyl adjacent to an activating group) is 1. The first kappa shape index (κ1) is 11.2. The summed E-state index contributed by atoms with van der Waals surface area (Å²) in [5.41, 5.74) is 5.94. The third kappa shape index (κ3) is 2.97. The van der Waals surface area contributed by atoms with Gasteiger partial charge in [0.05, 0.1) is 0 Å². The monoisotopic (exact) mass is 178 g/mol. The van der Waals surface area contributed by atoms with E-state index in [2.05, 4.69) is 19.0 Å². The van der Waals surface area contributed by atoms with Crippen LogP contribution in [0.3, 0.4) is 0 Å². The van der Waals surface area contributed by atoms with Crippen LogP contribution < -0.4 is 5.73 Å². The van der Waals surface area contributed by atoms with Gasteiger partial charge in [0.2, 0.25) is 0 Å². The SMILES string of the molecule is CN(C)[C@H]1CCCC[C@@H]1N.Cl. The second-order valence-electron chi connectivity index (χ2n) is 3.48. The Bertz CT molecular complexity index is 106. The zero-order chi connectivity index (χ0) is 7.56. The maximum Gasteiger partial charge on any atom is 0.0241 e. The molecule has 0 heterocycles. The molecular formula is C8H19ClN2. The number of nitrogens with two attached hydrogens (primary N) is 1. The van der Waals surface area contributed by atoms with Crippen molar-refractivity contribution in [2.45, 2.75) is 37.8 Å². The Labute approximate surface area is 75.5 Å². The molecule has 0 aromatic rings. The number of hydrogen-bond donors (Lipinski definition) is 1. The van der Waals surface area contributed by atoms with E-state index in [1.165, 1.54) is 25.7 Å². The molecular weight excluding hydrogens is 160 g/mol. The average molecular weight is 179 g/mol. The fourth-order valence-corrected chi connectivity index (χ4v) is 1.78. The fraction of sp³-hybridized carbons (Fsp3) is 1.00. The normalized spacial score (nSPS) is 31.6. The van der Waals surface area contributed by atoms with Crippen molar-refractivity contribution >= 4 is 12.4 Å². The highest BCUT2D eigenvalue weighted by molar-refractivity contribution is 5.85. The minimum atomic E-state index is 0. The van der Waals surface area contributed by atoms with Crippen molar-refractivity contribution in [2.75, 3.05) is 14.1 Å². The summed E-state index contributed by atoms with van der Waals surface area (Å²) in [7, 11) is 4.24. The average Bonchev–Trinajstić information content (AvgIpc) is 1.88. The first-order valence-electron chi connectivity index (χ1n) is 4.14. The molecule has 2 atom stereocenters. The molecule has 1 aliphatic rings. The zero-order valence-corrected chi connectivity index (χ0v) is 8.23. The highest BCUT2D eigenvalue weighted by Crippen LogP contribution is 2.19. The van der Waals surface area contributed by atoms with Crippen molar-refractivity contribution in [1.29, 1.82) is 0 Å². The van der Waals surface area contributed by atoms with Gasteiger partial charge >= 0.3 is 0 Å². The molecule has 0 spiro atoms. The van der Waals surface area contributed by atoms with Crippen molar-refractivity contribution in [1.82, 2.24) is 4.90 Å². The van der Waals surface area contributed by atoms with Gasteiger partial charge in [-0.05, 0) is 26.9 Å². The minimum Gasteiger partial charge on any atom is -0.326 e. The predicted octanol–water partition coefficient (Wildman–Crippen LogP) is 1.24. The van der Waals surface area contributed by atoms with Crippen LogP contribution in [0.4, 0.5) is 0 Å². The van der Waals surface area contributed by atoms with Gasteiger partial charge in [-0.25, -0.2) is 0 Å². The molecule has 0 radical (unpaired) electrons. The maximum atomic E-state index is 5.94. The van der Waals surface area contributed by atoms with E-state index in [0.717, 1.165) is 0 Å². The predicted molar refractivity (Wildman–Crippen MR) is 51.2 cm³/mol. The van der Waals surface area contributed by atoms with E-state index < -0.39 is 0 Å². The number of rotatable bonds is 1. The lowest BCUT2D eigenvalue weighted by atomic mass is 9.90. The van der Waals surface area contributed by atoms with Crippen LogP contribution in [-0.2, 0) is 0 Å². The standard InChI is InChI=1S/C8H18N2.ClH/c1-10(2)8-6-4-3-5-7(8)9;/h7-8H,3-6,9H2,1-2H3;1H/t7-,8-;/m0./s1. The molecule has 1 fully saturated rings. The Morgan fingerprint density at radius 2 is 1.73 bits per heavy atom. The molecule has 68 valence electrons. The summed E-state index contributed by atoms with van der Waals surface area (Å²) < 4.78 is 0. The lowest BCUT2D eigenvalue weighted by molar-refractivity contribution is 0.201. The number of nitrogens with zero attached hydrogens (tertiary/aromatic N) is 1. The van der Waals surface area contributed by atoms with Crippen LogP contribution in [0.1, 0.15) is 25.7 Å². The van der Waals surface area contributed by atoms with Crippen molar-refractivity contribution in [3.8, 4) is 0 Å². The summed E-state index contributed by atoms with van der Waals surface area (Å²) >= 11 is 0. The van der Waals surface area contributed by atoms with Crippen molar-refractivity contribution in [3.63, 3.8) is 0 Å². The molecule has 0 saturated heterocycles. The molecule has 0 unspecified atom stereocenters. The first-order chi connectivity index (χ1) is 4.72. The first-order valence-corrected chi connectivity index (χ1v) is 4.14. The lowest BCUT2D eigenvalue weighted by Crippen LogP contribution is -2.46. The highest BCUT2D eigenvalue weighted by Gasteiger charge is 2.22. The highest BCUT2D eigenvalue weighted by atomic mass is 35.5. The smallest absolute Gasteiger partial charge is 0.0241 e. The van der Waals surface area contributed by atoms with Gasteiger partial charge in [-0.2, -0.15) is 0 Å². The second kappa shape index (κ2) is 4.96. The molecule has 1 aliphatic carbocycles. The number of halogens is 1. The van der Waals surface area contributed by atoms with E-state index in [4.69, 9.17) is 5.73 Å². The number of hydrogen-bond acceptors (Lipinski definition) is 2. The van der Waals surface area contributed by atoms with Crippen molar-refractivity contribution in [3.05, 3.63) is 0 Å². The van der Waals surface area contributed by atoms with E-state index in [0.29, 0.717) is 12.1 Å². The summed E-state index contributed by atoms with van der Waals surface area (Å²) in [4.78, 5) is 2.25. The summed E-state index contributed by atoms with van der Waals surface area (Å²) in [6.45, 7) is 0. The van der Waals surface area contributed by atoms with E-state index in [1.807, 2.05) is 0 Å². The van der Waals surface area contributed by atoms with E-state index in [1.54, 1.807) is 0 Å². The summed E-state index contributed by atoms with van der Waals surface area (Å²) in [5, 5.41) is 0. The Hall–Kier alpha value is 0.210. The van der Waals surface area contributed by atoms with Crippen LogP contribution in [0.25, 0.3) is 0 Å². The Balaban J connectivity index is 0.000001000. The van der Waals surface area contributed by atoms with Crippen molar-refractivity contribution < 1.29 is 0 Å². The molecule has 0 aromatic heterocycles. The van der Waals surface area contributed by atoms with Gasteiger partial charge in [0.1, 0.15) is 0 Å². The molecule has 0 aliphatic heterocycles. The molecule has 11 heavy (non-hydrogen) atoms. The van der Waals surface area contributed by atoms with Gasteiger partial charge < -0.3 is 10.6 Å². The van der Waals surface area contributed by atoms with Gasteiger partial charge in [0, 0.05) is 12.1 Å². The van der Waals surface area contributed by atoms with Gasteiger partial charge in [-0.15, -0.1) is 12.4 Å². The molecule has 2 N–H and O–H groups in total. The van der Waals surface area contributed by atoms with Crippen LogP contribution in [-0.4, -0.2) is 31.1 Å². The fourth-order valence-electron chi connectivity index (χ4n) is 1.78. The summed E-state index contributed by atoms with van der Waals surface area (Å²) in [6.07, 6.45) is 5.18. The van der Waals surface area contributed by atoms with Crippen molar-refractivity contribution in [2.24, 2.45) is 5.73 Å². The zero-order valence-electron chi connectivity index (χ0n) is 7.42. The molecule has 0 aromatic carbocycles. The van der Waals surface area contributed by atoms with Crippen LogP contribution in [0.15, 0.2) is 0 Å². The maximum absolute atomic E-state index is 5.94. The van der Waals surface area contributed by atoms with Gasteiger partial charge in [-0.1, -0.05) is 12.8 Å². The van der Waals surface area contributed by atoms with Crippen LogP contribution in [0, 0.1) is 0 Å². The van der Waals surface area contributed by atoms with E-state index in [-0.39, 0.29) is 12.4 Å². The Morgan fingerprint density at radius 1 is 1.18 bits per heavy atom. The molecule has 1 rings (SSSR count). The second-order valence-corrected chi connectivity index (χ2v) is 3.48. The Morgan fingerprint density at radius 3 is 2.09 bits per heavy atom. The summed E-state index contributed by atoms with van der Waals surface area (Å²) in [6, 6.07) is 1.05. The van der Waals surface area contributed by atoms with Crippen LogP contribution in [0.2, 0.25) is 0 Å². The third-order valence-electron chi connectivity index (χ3n) is 2.44. The quantitative estimate of drug-likeness (QED) is 0.655. The van der Waals surface area contributed by atoms with Crippen LogP contribution in [0.5, 0.6) is 0 Å². The molecule has 1 saturated carbocycles. The minimum absolute atomic E-state index is 0. The molecule has 2 nitrogen and oxygen atoms in total. The lowest BCUT2D eigenvalue weighted by Gasteiger charge is -2.33. The van der Waals surface area contributed by atoms with Gasteiger partial charge in [0.25, 0.3) is 0 Å². The topological polar surface area (TPSA) is 29.3 Å². The van der Waals surface area contributed by atoms with Gasteiger partial charge in [-0.3, -0.25) is 0 Å². The molecule has 0 amide bonds. The molecule has 0 bridgehead atoms. The Kier molecular flexibility index (Phi) is 5.06. The summed E-state index contributed by atoms with van der Waals surface area (Å²) in [5.74, 6) is 0. The van der Waals surface area contributed by atoms with Crippen LogP contribution >= 0.6 is 12.4 Å². The van der Waals surface area contributed by atoms with E-state index in [9.17, 15) is 0 Å².